The number of hydrogen-bond acceptors (Lipinski definition) is 1. The van der Waals surface area contributed by atoms with Crippen LogP contribution in [0.4, 0.5) is 17.6 Å². The number of rotatable bonds is 2. The lowest BCUT2D eigenvalue weighted by molar-refractivity contribution is -0.137. The van der Waals surface area contributed by atoms with Gasteiger partial charge in [-0.1, -0.05) is 23.7 Å². The van der Waals surface area contributed by atoms with E-state index in [2.05, 4.69) is 0 Å². The molecule has 6 heteroatoms. The van der Waals surface area contributed by atoms with Crippen LogP contribution in [0.25, 0.3) is 0 Å². The first kappa shape index (κ1) is 15.8. The second kappa shape index (κ2) is 5.66. The lowest BCUT2D eigenvalue weighted by atomic mass is 9.96. The predicted molar refractivity (Wildman–Crippen MR) is 73.6 cm³/mol. The predicted octanol–water partition coefficient (Wildman–Crippen LogP) is 4.85. The summed E-state index contributed by atoms with van der Waals surface area (Å²) in [7, 11) is 0. The highest BCUT2D eigenvalue weighted by Crippen LogP contribution is 2.33. The zero-order valence-corrected chi connectivity index (χ0v) is 11.8. The molecule has 0 aliphatic carbocycles. The normalized spacial score (nSPS) is 13.3. The molecule has 1 atom stereocenters. The van der Waals surface area contributed by atoms with Gasteiger partial charge in [0.2, 0.25) is 0 Å². The van der Waals surface area contributed by atoms with Gasteiger partial charge in [0.05, 0.1) is 11.6 Å². The van der Waals surface area contributed by atoms with Crippen molar-refractivity contribution >= 4 is 11.6 Å². The fraction of sp³-hybridized carbons (Fsp3) is 0.200. The summed E-state index contributed by atoms with van der Waals surface area (Å²) >= 11 is 5.93. The van der Waals surface area contributed by atoms with Crippen LogP contribution in [0.15, 0.2) is 36.4 Å². The van der Waals surface area contributed by atoms with E-state index in [0.29, 0.717) is 11.1 Å². The van der Waals surface area contributed by atoms with Gasteiger partial charge >= 0.3 is 6.18 Å². The highest BCUT2D eigenvalue weighted by atomic mass is 35.5. The number of nitrogens with two attached hydrogens (primary N) is 1. The summed E-state index contributed by atoms with van der Waals surface area (Å²) in [4.78, 5) is 0. The van der Waals surface area contributed by atoms with Crippen molar-refractivity contribution in [2.24, 2.45) is 5.73 Å². The molecule has 0 fully saturated rings. The zero-order chi connectivity index (χ0) is 15.8. The van der Waals surface area contributed by atoms with Gasteiger partial charge in [0.15, 0.2) is 0 Å². The first-order valence-corrected chi connectivity index (χ1v) is 6.46. The standard InChI is InChI=1S/C15H12ClF4N/c1-8-5-11(12(16)7-13(8)17)14(21)9-3-2-4-10(6-9)15(18,19)20/h2-7,14H,21H2,1H3. The van der Waals surface area contributed by atoms with Crippen LogP contribution in [0.1, 0.15) is 28.3 Å². The Morgan fingerprint density at radius 3 is 2.43 bits per heavy atom. The number of benzene rings is 2. The van der Waals surface area contributed by atoms with Crippen LogP contribution in [-0.4, -0.2) is 0 Å². The molecular weight excluding hydrogens is 306 g/mol. The fourth-order valence-electron chi connectivity index (χ4n) is 2.01. The van der Waals surface area contributed by atoms with E-state index < -0.39 is 23.6 Å². The summed E-state index contributed by atoms with van der Waals surface area (Å²) < 4.78 is 51.5. The van der Waals surface area contributed by atoms with Gasteiger partial charge in [0.1, 0.15) is 5.82 Å². The van der Waals surface area contributed by atoms with E-state index in [0.717, 1.165) is 18.2 Å². The lowest BCUT2D eigenvalue weighted by Gasteiger charge is -2.17. The van der Waals surface area contributed by atoms with Crippen molar-refractivity contribution in [1.29, 1.82) is 0 Å². The minimum absolute atomic E-state index is 0.0861. The van der Waals surface area contributed by atoms with E-state index >= 15 is 0 Å². The Labute approximate surface area is 124 Å². The van der Waals surface area contributed by atoms with E-state index in [9.17, 15) is 17.6 Å². The van der Waals surface area contributed by atoms with Crippen molar-refractivity contribution in [2.45, 2.75) is 19.1 Å². The Balaban J connectivity index is 2.45. The Hall–Kier alpha value is -1.59. The average Bonchev–Trinajstić information content (AvgIpc) is 2.41. The molecule has 1 nitrogen and oxygen atoms in total. The van der Waals surface area contributed by atoms with Gasteiger partial charge in [-0.15, -0.1) is 0 Å². The Morgan fingerprint density at radius 1 is 1.14 bits per heavy atom. The van der Waals surface area contributed by atoms with Crippen LogP contribution in [0, 0.1) is 12.7 Å². The topological polar surface area (TPSA) is 26.0 Å². The Morgan fingerprint density at radius 2 is 1.81 bits per heavy atom. The fourth-order valence-corrected chi connectivity index (χ4v) is 2.27. The molecular formula is C15H12ClF4N. The number of hydrogen-bond donors (Lipinski definition) is 1. The third-order valence-corrected chi connectivity index (χ3v) is 3.51. The maximum absolute atomic E-state index is 13.4. The molecule has 0 heterocycles. The molecule has 2 rings (SSSR count). The van der Waals surface area contributed by atoms with Crippen molar-refractivity contribution in [3.63, 3.8) is 0 Å². The number of aryl methyl sites for hydroxylation is 1. The van der Waals surface area contributed by atoms with Gasteiger partial charge in [0.25, 0.3) is 0 Å². The molecule has 2 N–H and O–H groups in total. The molecule has 112 valence electrons. The molecule has 21 heavy (non-hydrogen) atoms. The average molecular weight is 318 g/mol. The Bertz CT molecular complexity index is 667. The van der Waals surface area contributed by atoms with E-state index in [1.807, 2.05) is 0 Å². The monoisotopic (exact) mass is 317 g/mol. The smallest absolute Gasteiger partial charge is 0.320 e. The quantitative estimate of drug-likeness (QED) is 0.787. The van der Waals surface area contributed by atoms with Gasteiger partial charge < -0.3 is 5.73 Å². The molecule has 2 aromatic rings. The van der Waals surface area contributed by atoms with Crippen molar-refractivity contribution in [2.75, 3.05) is 0 Å². The van der Waals surface area contributed by atoms with Crippen LogP contribution in [0.2, 0.25) is 5.02 Å². The number of halogens is 5. The second-order valence-electron chi connectivity index (χ2n) is 4.72. The molecule has 0 bridgehead atoms. The number of alkyl halides is 3. The van der Waals surface area contributed by atoms with Crippen LogP contribution in [0.3, 0.4) is 0 Å². The lowest BCUT2D eigenvalue weighted by Crippen LogP contribution is -2.14. The molecule has 2 aromatic carbocycles. The van der Waals surface area contributed by atoms with Crippen molar-refractivity contribution in [3.8, 4) is 0 Å². The third-order valence-electron chi connectivity index (χ3n) is 3.19. The second-order valence-corrected chi connectivity index (χ2v) is 5.13. The zero-order valence-electron chi connectivity index (χ0n) is 11.0. The van der Waals surface area contributed by atoms with E-state index in [-0.39, 0.29) is 10.6 Å². The molecule has 0 aromatic heterocycles. The van der Waals surface area contributed by atoms with Crippen molar-refractivity contribution in [3.05, 3.63) is 69.5 Å². The molecule has 0 saturated heterocycles. The van der Waals surface area contributed by atoms with Crippen LogP contribution < -0.4 is 5.73 Å². The van der Waals surface area contributed by atoms with E-state index in [1.54, 1.807) is 0 Å². The van der Waals surface area contributed by atoms with Gasteiger partial charge in [0, 0.05) is 5.02 Å². The molecule has 0 saturated carbocycles. The highest BCUT2D eigenvalue weighted by Gasteiger charge is 2.31. The summed E-state index contributed by atoms with van der Waals surface area (Å²) in [6, 6.07) is 6.39. The first-order chi connectivity index (χ1) is 9.70. The summed E-state index contributed by atoms with van der Waals surface area (Å²) in [5.41, 5.74) is 6.16. The Kier molecular flexibility index (Phi) is 4.25. The van der Waals surface area contributed by atoms with Crippen LogP contribution >= 0.6 is 11.6 Å². The van der Waals surface area contributed by atoms with E-state index in [1.165, 1.54) is 25.1 Å². The van der Waals surface area contributed by atoms with Crippen LogP contribution in [-0.2, 0) is 6.18 Å². The summed E-state index contributed by atoms with van der Waals surface area (Å²) in [5.74, 6) is -0.486. The van der Waals surface area contributed by atoms with Crippen molar-refractivity contribution in [1.82, 2.24) is 0 Å². The summed E-state index contributed by atoms with van der Waals surface area (Å²) in [6.07, 6.45) is -4.45. The van der Waals surface area contributed by atoms with Gasteiger partial charge in [-0.05, 0) is 47.9 Å². The van der Waals surface area contributed by atoms with Crippen LogP contribution in [0.5, 0.6) is 0 Å². The van der Waals surface area contributed by atoms with E-state index in [4.69, 9.17) is 17.3 Å². The highest BCUT2D eigenvalue weighted by molar-refractivity contribution is 6.31. The summed E-state index contributed by atoms with van der Waals surface area (Å²) in [5, 5.41) is 0.0861. The maximum atomic E-state index is 13.4. The molecule has 0 spiro atoms. The minimum Gasteiger partial charge on any atom is -0.320 e. The molecule has 0 radical (unpaired) electrons. The van der Waals surface area contributed by atoms with Gasteiger partial charge in [-0.25, -0.2) is 4.39 Å². The van der Waals surface area contributed by atoms with Gasteiger partial charge in [-0.3, -0.25) is 0 Å². The molecule has 0 aliphatic heterocycles. The third kappa shape index (κ3) is 3.36. The van der Waals surface area contributed by atoms with Gasteiger partial charge in [-0.2, -0.15) is 13.2 Å². The molecule has 1 unspecified atom stereocenters. The largest absolute Gasteiger partial charge is 0.416 e. The summed E-state index contributed by atoms with van der Waals surface area (Å²) in [6.45, 7) is 1.54. The first-order valence-electron chi connectivity index (χ1n) is 6.08. The minimum atomic E-state index is -4.45. The van der Waals surface area contributed by atoms with Crippen molar-refractivity contribution < 1.29 is 17.6 Å². The molecule has 0 amide bonds. The SMILES string of the molecule is Cc1cc(C(N)c2cccc(C(F)(F)F)c2)c(Cl)cc1F. The molecule has 0 aliphatic rings. The maximum Gasteiger partial charge on any atom is 0.416 e.